The van der Waals surface area contributed by atoms with E-state index in [-0.39, 0.29) is 11.4 Å². The Balaban J connectivity index is 2.31. The van der Waals surface area contributed by atoms with E-state index in [1.54, 1.807) is 0 Å². The molecule has 1 fully saturated rings. The number of ether oxygens (including phenoxy) is 1. The number of allylic oxidation sites excluding steroid dienone is 1. The lowest BCUT2D eigenvalue weighted by Crippen LogP contribution is -2.35. The fourth-order valence-corrected chi connectivity index (χ4v) is 3.20. The second kappa shape index (κ2) is 3.41. The van der Waals surface area contributed by atoms with Gasteiger partial charge in [0.05, 0.1) is 12.5 Å². The van der Waals surface area contributed by atoms with Crippen LogP contribution >= 0.6 is 0 Å². The summed E-state index contributed by atoms with van der Waals surface area (Å²) in [5, 5.41) is 0. The molecule has 0 aliphatic heterocycles. The molecule has 14 heavy (non-hydrogen) atoms. The predicted octanol–water partition coefficient (Wildman–Crippen LogP) is 2.54. The van der Waals surface area contributed by atoms with Crippen LogP contribution in [0.3, 0.4) is 0 Å². The zero-order chi connectivity index (χ0) is 10.2. The number of hydrogen-bond donors (Lipinski definition) is 0. The highest BCUT2D eigenvalue weighted by Gasteiger charge is 2.51. The highest BCUT2D eigenvalue weighted by Crippen LogP contribution is 2.52. The summed E-state index contributed by atoms with van der Waals surface area (Å²) in [6.45, 7) is 2.23. The first-order chi connectivity index (χ1) is 6.69. The van der Waals surface area contributed by atoms with Gasteiger partial charge in [0.1, 0.15) is 0 Å². The number of methoxy groups -OCH3 is 1. The Bertz CT molecular complexity index is 269. The first-order valence-electron chi connectivity index (χ1n) is 5.45. The van der Waals surface area contributed by atoms with Gasteiger partial charge in [-0.05, 0) is 37.5 Å². The van der Waals surface area contributed by atoms with E-state index >= 15 is 0 Å². The highest BCUT2D eigenvalue weighted by atomic mass is 16.5. The minimum absolute atomic E-state index is 0.0252. The molecule has 0 N–H and O–H groups in total. The Hall–Kier alpha value is -0.790. The van der Waals surface area contributed by atoms with Crippen LogP contribution in [-0.4, -0.2) is 13.1 Å². The maximum Gasteiger partial charge on any atom is 0.315 e. The van der Waals surface area contributed by atoms with Crippen molar-refractivity contribution in [3.63, 3.8) is 0 Å². The van der Waals surface area contributed by atoms with Gasteiger partial charge >= 0.3 is 5.97 Å². The van der Waals surface area contributed by atoms with Crippen molar-refractivity contribution < 1.29 is 9.53 Å². The minimum atomic E-state index is -0.271. The molecule has 0 amide bonds. The van der Waals surface area contributed by atoms with Crippen molar-refractivity contribution in [2.75, 3.05) is 7.11 Å². The topological polar surface area (TPSA) is 26.3 Å². The summed E-state index contributed by atoms with van der Waals surface area (Å²) in [4.78, 5) is 11.8. The molecule has 0 unspecified atom stereocenters. The lowest BCUT2D eigenvalue weighted by Gasteiger charge is -2.32. The molecule has 2 heteroatoms. The molecule has 3 atom stereocenters. The van der Waals surface area contributed by atoms with E-state index in [1.165, 1.54) is 13.5 Å². The average Bonchev–Trinajstić information content (AvgIpc) is 2.53. The summed E-state index contributed by atoms with van der Waals surface area (Å²) in [7, 11) is 1.50. The van der Waals surface area contributed by atoms with Gasteiger partial charge < -0.3 is 4.74 Å². The van der Waals surface area contributed by atoms with Crippen LogP contribution in [0.4, 0.5) is 0 Å². The smallest absolute Gasteiger partial charge is 0.315 e. The Morgan fingerprint density at radius 2 is 2.36 bits per heavy atom. The maximum atomic E-state index is 11.8. The Kier molecular flexibility index (Phi) is 2.38. The van der Waals surface area contributed by atoms with Gasteiger partial charge in [-0.3, -0.25) is 4.79 Å². The number of carbonyl (C=O) groups excluding carboxylic acids is 1. The molecule has 0 bridgehead atoms. The Morgan fingerprint density at radius 1 is 1.57 bits per heavy atom. The van der Waals surface area contributed by atoms with Crippen LogP contribution in [-0.2, 0) is 9.53 Å². The quantitative estimate of drug-likeness (QED) is 0.473. The number of hydrogen-bond acceptors (Lipinski definition) is 2. The van der Waals surface area contributed by atoms with Gasteiger partial charge in [0, 0.05) is 0 Å². The SMILES string of the molecule is COC(=O)[C@@]12C=CCC[C@@H]1C[C@H](C)C2. The van der Waals surface area contributed by atoms with E-state index < -0.39 is 0 Å². The lowest BCUT2D eigenvalue weighted by atomic mass is 9.72. The zero-order valence-electron chi connectivity index (χ0n) is 8.95. The van der Waals surface area contributed by atoms with Crippen LogP contribution in [0.2, 0.25) is 0 Å². The molecule has 0 spiro atoms. The van der Waals surface area contributed by atoms with Gasteiger partial charge in [0.25, 0.3) is 0 Å². The second-order valence-corrected chi connectivity index (χ2v) is 4.75. The van der Waals surface area contributed by atoms with Gasteiger partial charge in [0.15, 0.2) is 0 Å². The van der Waals surface area contributed by atoms with Crippen molar-refractivity contribution in [1.29, 1.82) is 0 Å². The number of esters is 1. The van der Waals surface area contributed by atoms with Crippen LogP contribution in [0.5, 0.6) is 0 Å². The number of carbonyl (C=O) groups is 1. The third-order valence-electron chi connectivity index (χ3n) is 3.76. The van der Waals surface area contributed by atoms with Crippen molar-refractivity contribution in [3.8, 4) is 0 Å². The van der Waals surface area contributed by atoms with Crippen molar-refractivity contribution in [2.45, 2.75) is 32.6 Å². The fourth-order valence-electron chi connectivity index (χ4n) is 3.20. The third kappa shape index (κ3) is 1.28. The first kappa shape index (κ1) is 9.75. The molecular formula is C12H18O2. The molecule has 0 aromatic carbocycles. The molecular weight excluding hydrogens is 176 g/mol. The summed E-state index contributed by atoms with van der Waals surface area (Å²) < 4.78 is 4.95. The molecule has 1 saturated carbocycles. The predicted molar refractivity (Wildman–Crippen MR) is 54.7 cm³/mol. The van der Waals surface area contributed by atoms with Gasteiger partial charge in [-0.1, -0.05) is 19.1 Å². The average molecular weight is 194 g/mol. The molecule has 0 aromatic heterocycles. The molecule has 0 radical (unpaired) electrons. The van der Waals surface area contributed by atoms with E-state index in [1.807, 2.05) is 0 Å². The van der Waals surface area contributed by atoms with Gasteiger partial charge in [-0.2, -0.15) is 0 Å². The summed E-state index contributed by atoms with van der Waals surface area (Å²) in [5.74, 6) is 1.15. The summed E-state index contributed by atoms with van der Waals surface area (Å²) in [5.41, 5.74) is -0.271. The van der Waals surface area contributed by atoms with Crippen LogP contribution < -0.4 is 0 Å². The monoisotopic (exact) mass is 194 g/mol. The fraction of sp³-hybridized carbons (Fsp3) is 0.750. The van der Waals surface area contributed by atoms with E-state index in [9.17, 15) is 4.79 Å². The third-order valence-corrected chi connectivity index (χ3v) is 3.76. The first-order valence-corrected chi connectivity index (χ1v) is 5.45. The van der Waals surface area contributed by atoms with Gasteiger partial charge in [0.2, 0.25) is 0 Å². The standard InChI is InChI=1S/C12H18O2/c1-9-7-10-5-3-4-6-12(10,8-9)11(13)14-2/h4,6,9-10H,3,5,7-8H2,1-2H3/t9-,10+,12+/m0/s1. The molecule has 0 heterocycles. The van der Waals surface area contributed by atoms with E-state index in [0.717, 1.165) is 19.3 Å². The molecule has 0 aromatic rings. The van der Waals surface area contributed by atoms with Crippen molar-refractivity contribution in [2.24, 2.45) is 17.3 Å². The number of fused-ring (bicyclic) bond motifs is 1. The molecule has 78 valence electrons. The van der Waals surface area contributed by atoms with Gasteiger partial charge in [-0.15, -0.1) is 0 Å². The minimum Gasteiger partial charge on any atom is -0.468 e. The van der Waals surface area contributed by atoms with E-state index in [2.05, 4.69) is 19.1 Å². The Morgan fingerprint density at radius 3 is 3.07 bits per heavy atom. The van der Waals surface area contributed by atoms with Gasteiger partial charge in [-0.25, -0.2) is 0 Å². The largest absolute Gasteiger partial charge is 0.468 e. The molecule has 0 saturated heterocycles. The van der Waals surface area contributed by atoms with Crippen LogP contribution in [0, 0.1) is 17.3 Å². The molecule has 2 aliphatic carbocycles. The summed E-state index contributed by atoms with van der Waals surface area (Å²) >= 11 is 0. The maximum absolute atomic E-state index is 11.8. The highest BCUT2D eigenvalue weighted by molar-refractivity contribution is 5.80. The zero-order valence-corrected chi connectivity index (χ0v) is 8.95. The normalized spacial score (nSPS) is 40.7. The summed E-state index contributed by atoms with van der Waals surface area (Å²) in [6.07, 6.45) is 8.67. The number of rotatable bonds is 1. The van der Waals surface area contributed by atoms with Crippen LogP contribution in [0.1, 0.15) is 32.6 Å². The molecule has 2 nitrogen and oxygen atoms in total. The second-order valence-electron chi connectivity index (χ2n) is 4.75. The van der Waals surface area contributed by atoms with Crippen molar-refractivity contribution >= 4 is 5.97 Å². The molecule has 2 aliphatic rings. The van der Waals surface area contributed by atoms with Crippen LogP contribution in [0.25, 0.3) is 0 Å². The lowest BCUT2D eigenvalue weighted by molar-refractivity contribution is -0.152. The Labute approximate surface area is 85.3 Å². The molecule has 2 rings (SSSR count). The van der Waals surface area contributed by atoms with Crippen LogP contribution in [0.15, 0.2) is 12.2 Å². The van der Waals surface area contributed by atoms with Crippen molar-refractivity contribution in [1.82, 2.24) is 0 Å². The van der Waals surface area contributed by atoms with E-state index in [4.69, 9.17) is 4.74 Å². The van der Waals surface area contributed by atoms with Crippen molar-refractivity contribution in [3.05, 3.63) is 12.2 Å². The van der Waals surface area contributed by atoms with E-state index in [0.29, 0.717) is 11.8 Å². The summed E-state index contributed by atoms with van der Waals surface area (Å²) in [6, 6.07) is 0.